The lowest BCUT2D eigenvalue weighted by atomic mass is 10.1. The van der Waals surface area contributed by atoms with E-state index in [1.165, 1.54) is 17.3 Å². The zero-order chi connectivity index (χ0) is 19.3. The summed E-state index contributed by atoms with van der Waals surface area (Å²) < 4.78 is 11.4. The van der Waals surface area contributed by atoms with Crippen LogP contribution in [-0.4, -0.2) is 42.3 Å². The first kappa shape index (κ1) is 18.8. The topological polar surface area (TPSA) is 51.1 Å². The Morgan fingerprint density at radius 2 is 1.89 bits per heavy atom. The van der Waals surface area contributed by atoms with Crippen LogP contribution in [0.15, 0.2) is 58.4 Å². The Labute approximate surface area is 169 Å². The van der Waals surface area contributed by atoms with Crippen molar-refractivity contribution in [2.45, 2.75) is 13.5 Å². The van der Waals surface area contributed by atoms with E-state index in [9.17, 15) is 4.79 Å². The van der Waals surface area contributed by atoms with Gasteiger partial charge in [-0.25, -0.2) is 0 Å². The van der Waals surface area contributed by atoms with Crippen molar-refractivity contribution < 1.29 is 14.3 Å². The minimum atomic E-state index is -0.195. The minimum absolute atomic E-state index is 0.195. The molecule has 2 heterocycles. The minimum Gasteiger partial charge on any atom is -0.488 e. The van der Waals surface area contributed by atoms with Crippen molar-refractivity contribution in [3.05, 3.63) is 70.1 Å². The average molecular weight is 394 g/mol. The lowest BCUT2D eigenvalue weighted by Gasteiger charge is -2.27. The quantitative estimate of drug-likeness (QED) is 0.737. The molecule has 2 aliphatic rings. The Hall–Kier alpha value is -2.57. The average Bonchev–Trinajstić information content (AvgIpc) is 3.10. The van der Waals surface area contributed by atoms with Gasteiger partial charge in [-0.1, -0.05) is 48.0 Å². The van der Waals surface area contributed by atoms with Crippen LogP contribution in [0, 0.1) is 6.92 Å². The molecule has 0 spiro atoms. The molecule has 0 unspecified atom stereocenters. The first-order valence-electron chi connectivity index (χ1n) is 9.32. The highest BCUT2D eigenvalue weighted by molar-refractivity contribution is 8.18. The normalized spacial score (nSPS) is 18.5. The van der Waals surface area contributed by atoms with Crippen LogP contribution >= 0.6 is 11.8 Å². The summed E-state index contributed by atoms with van der Waals surface area (Å²) in [6.45, 7) is 5.42. The highest BCUT2D eigenvalue weighted by atomic mass is 32.2. The molecule has 0 aromatic heterocycles. The number of para-hydroxylation sites is 1. The maximum absolute atomic E-state index is 12.4. The van der Waals surface area contributed by atoms with Gasteiger partial charge in [0.1, 0.15) is 12.4 Å². The molecule has 0 radical (unpaired) electrons. The number of ether oxygens (including phenoxy) is 2. The van der Waals surface area contributed by atoms with Gasteiger partial charge in [0.05, 0.1) is 18.1 Å². The Morgan fingerprint density at radius 1 is 1.14 bits per heavy atom. The number of thioether (sulfide) groups is 1. The van der Waals surface area contributed by atoms with E-state index in [1.807, 2.05) is 30.3 Å². The molecule has 0 aliphatic carbocycles. The number of morpholine rings is 1. The van der Waals surface area contributed by atoms with Crippen LogP contribution in [0.3, 0.4) is 0 Å². The van der Waals surface area contributed by atoms with E-state index in [-0.39, 0.29) is 5.91 Å². The van der Waals surface area contributed by atoms with Crippen LogP contribution in [0.25, 0.3) is 6.08 Å². The molecule has 4 rings (SSSR count). The number of rotatable bonds is 4. The van der Waals surface area contributed by atoms with Crippen molar-refractivity contribution in [1.82, 2.24) is 4.90 Å². The Bertz CT molecular complexity index is 916. The summed E-state index contributed by atoms with van der Waals surface area (Å²) in [6, 6.07) is 16.0. The Balaban J connectivity index is 1.47. The van der Waals surface area contributed by atoms with Gasteiger partial charge >= 0.3 is 0 Å². The van der Waals surface area contributed by atoms with Gasteiger partial charge in [0.25, 0.3) is 5.91 Å². The summed E-state index contributed by atoms with van der Waals surface area (Å²) in [4.78, 5) is 19.3. The molecule has 0 saturated carbocycles. The van der Waals surface area contributed by atoms with Gasteiger partial charge in [-0.05, 0) is 36.4 Å². The van der Waals surface area contributed by atoms with Gasteiger partial charge in [0, 0.05) is 18.7 Å². The summed E-state index contributed by atoms with van der Waals surface area (Å²) in [7, 11) is 0. The van der Waals surface area contributed by atoms with Gasteiger partial charge < -0.3 is 14.4 Å². The van der Waals surface area contributed by atoms with E-state index in [2.05, 4.69) is 41.1 Å². The summed E-state index contributed by atoms with van der Waals surface area (Å²) in [5.41, 5.74) is 3.21. The number of hydrogen-bond acceptors (Lipinski definition) is 5. The highest BCUT2D eigenvalue weighted by Gasteiger charge is 2.27. The largest absolute Gasteiger partial charge is 0.488 e. The van der Waals surface area contributed by atoms with E-state index in [0.29, 0.717) is 24.7 Å². The van der Waals surface area contributed by atoms with Crippen molar-refractivity contribution in [3.63, 3.8) is 0 Å². The van der Waals surface area contributed by atoms with E-state index in [4.69, 9.17) is 9.47 Å². The van der Waals surface area contributed by atoms with Gasteiger partial charge in [-0.2, -0.15) is 4.99 Å². The molecule has 0 bridgehead atoms. The molecule has 6 heteroatoms. The van der Waals surface area contributed by atoms with Crippen molar-refractivity contribution in [2.24, 2.45) is 4.99 Å². The number of amides is 1. The molecule has 144 valence electrons. The van der Waals surface area contributed by atoms with Gasteiger partial charge in [0.15, 0.2) is 5.17 Å². The number of nitrogens with zero attached hydrogens (tertiary/aromatic N) is 2. The van der Waals surface area contributed by atoms with Crippen molar-refractivity contribution in [1.29, 1.82) is 0 Å². The van der Waals surface area contributed by atoms with Crippen LogP contribution in [0.2, 0.25) is 0 Å². The third-order valence-corrected chi connectivity index (χ3v) is 5.66. The van der Waals surface area contributed by atoms with Gasteiger partial charge in [-0.15, -0.1) is 0 Å². The molecular weight excluding hydrogens is 372 g/mol. The van der Waals surface area contributed by atoms with Gasteiger partial charge in [0.2, 0.25) is 0 Å². The zero-order valence-electron chi connectivity index (χ0n) is 15.8. The van der Waals surface area contributed by atoms with Crippen LogP contribution in [0.1, 0.15) is 16.7 Å². The van der Waals surface area contributed by atoms with Crippen LogP contribution < -0.4 is 4.74 Å². The summed E-state index contributed by atoms with van der Waals surface area (Å²) in [6.07, 6.45) is 1.87. The Morgan fingerprint density at radius 3 is 2.68 bits per heavy atom. The lowest BCUT2D eigenvalue weighted by Crippen LogP contribution is -2.38. The van der Waals surface area contributed by atoms with Crippen molar-refractivity contribution >= 4 is 28.9 Å². The number of aryl methyl sites for hydroxylation is 1. The predicted octanol–water partition coefficient (Wildman–Crippen LogP) is 3.88. The number of carbonyl (C=O) groups excluding carboxylic acids is 1. The molecule has 1 fully saturated rings. The first-order chi connectivity index (χ1) is 13.7. The molecule has 2 aromatic carbocycles. The van der Waals surface area contributed by atoms with E-state index in [0.717, 1.165) is 35.1 Å². The van der Waals surface area contributed by atoms with Crippen LogP contribution in [0.5, 0.6) is 5.75 Å². The first-order valence-corrected chi connectivity index (χ1v) is 10.1. The second kappa shape index (κ2) is 8.63. The Kier molecular flexibility index (Phi) is 5.78. The number of benzene rings is 2. The third kappa shape index (κ3) is 4.46. The fraction of sp³-hybridized carbons (Fsp3) is 0.273. The number of carbonyl (C=O) groups is 1. The molecule has 5 nitrogen and oxygen atoms in total. The molecule has 0 atom stereocenters. The molecule has 2 aliphatic heterocycles. The van der Waals surface area contributed by atoms with Crippen LogP contribution in [0.4, 0.5) is 0 Å². The fourth-order valence-corrected chi connectivity index (χ4v) is 3.96. The molecular formula is C22H22N2O3S. The molecule has 28 heavy (non-hydrogen) atoms. The summed E-state index contributed by atoms with van der Waals surface area (Å²) >= 11 is 1.42. The monoisotopic (exact) mass is 394 g/mol. The van der Waals surface area contributed by atoms with E-state index < -0.39 is 0 Å². The maximum atomic E-state index is 12.4. The lowest BCUT2D eigenvalue weighted by molar-refractivity contribution is -0.113. The highest BCUT2D eigenvalue weighted by Crippen LogP contribution is 2.32. The molecule has 1 amide bonds. The summed E-state index contributed by atoms with van der Waals surface area (Å²) in [5, 5.41) is 0.762. The smallest absolute Gasteiger partial charge is 0.286 e. The van der Waals surface area contributed by atoms with E-state index in [1.54, 1.807) is 0 Å². The molecule has 1 saturated heterocycles. The molecule has 2 aromatic rings. The number of aliphatic imine (C=N–C) groups is 1. The fourth-order valence-electron chi connectivity index (χ4n) is 3.01. The predicted molar refractivity (Wildman–Crippen MR) is 112 cm³/mol. The van der Waals surface area contributed by atoms with Crippen LogP contribution in [-0.2, 0) is 16.1 Å². The second-order valence-electron chi connectivity index (χ2n) is 6.72. The maximum Gasteiger partial charge on any atom is 0.286 e. The number of amidine groups is 1. The standard InChI is InChI=1S/C22H22N2O3S/c1-16-6-8-17(9-7-16)15-27-19-5-3-2-4-18(19)14-20-21(25)23-22(28-20)24-10-12-26-13-11-24/h2-9,14H,10-13,15H2,1H3/b20-14+. The summed E-state index contributed by atoms with van der Waals surface area (Å²) in [5.74, 6) is 0.559. The SMILES string of the molecule is Cc1ccc(COc2ccccc2/C=C2/SC(N3CCOCC3)=NC2=O)cc1. The van der Waals surface area contributed by atoms with Crippen molar-refractivity contribution in [2.75, 3.05) is 26.3 Å². The van der Waals surface area contributed by atoms with Crippen molar-refractivity contribution in [3.8, 4) is 5.75 Å². The van der Waals surface area contributed by atoms with E-state index >= 15 is 0 Å². The molecule has 0 N–H and O–H groups in total. The second-order valence-corrected chi connectivity index (χ2v) is 7.73. The van der Waals surface area contributed by atoms with Gasteiger partial charge in [-0.3, -0.25) is 4.79 Å². The third-order valence-electron chi connectivity index (χ3n) is 4.61. The zero-order valence-corrected chi connectivity index (χ0v) is 16.6. The number of hydrogen-bond donors (Lipinski definition) is 0.